The number of rotatable bonds is 6. The van der Waals surface area contributed by atoms with Crippen LogP contribution in [0.2, 0.25) is 0 Å². The second-order valence-electron chi connectivity index (χ2n) is 3.66. The Kier molecular flexibility index (Phi) is 5.46. The first-order valence-electron chi connectivity index (χ1n) is 5.27. The van der Waals surface area contributed by atoms with Gasteiger partial charge in [-0.3, -0.25) is 4.79 Å². The number of carbonyl (C=O) groups excluding carboxylic acids is 1. The van der Waals surface area contributed by atoms with Crippen molar-refractivity contribution < 1.29 is 24.5 Å². The predicted octanol–water partition coefficient (Wildman–Crippen LogP) is 0.840. The molecule has 0 amide bonds. The second-order valence-corrected chi connectivity index (χ2v) is 4.02. The van der Waals surface area contributed by atoms with Crippen molar-refractivity contribution in [2.45, 2.75) is 12.2 Å². The molecule has 0 saturated carbocycles. The molecule has 100 valence electrons. The Morgan fingerprint density at radius 2 is 2.00 bits per heavy atom. The Hall–Kier alpha value is -1.24. The first-order chi connectivity index (χ1) is 8.58. The molecule has 5 nitrogen and oxygen atoms in total. The molecule has 2 unspecified atom stereocenters. The van der Waals surface area contributed by atoms with Gasteiger partial charge in [-0.15, -0.1) is 0 Å². The molecule has 0 saturated heterocycles. The summed E-state index contributed by atoms with van der Waals surface area (Å²) in [5.74, 6) is 0.691. The van der Waals surface area contributed by atoms with Crippen molar-refractivity contribution in [3.8, 4) is 11.5 Å². The van der Waals surface area contributed by atoms with E-state index in [0.717, 1.165) is 0 Å². The number of ether oxygens (including phenoxy) is 2. The molecule has 0 fully saturated rings. The van der Waals surface area contributed by atoms with Crippen molar-refractivity contribution in [3.05, 3.63) is 23.3 Å². The lowest BCUT2D eigenvalue weighted by Gasteiger charge is -2.20. The number of thiol groups is 1. The Balaban J connectivity index is 3.34. The van der Waals surface area contributed by atoms with Gasteiger partial charge in [0.2, 0.25) is 0 Å². The summed E-state index contributed by atoms with van der Waals surface area (Å²) < 4.78 is 10.2. The van der Waals surface area contributed by atoms with Crippen LogP contribution in [0.25, 0.3) is 0 Å². The van der Waals surface area contributed by atoms with E-state index in [1.165, 1.54) is 26.4 Å². The van der Waals surface area contributed by atoms with Gasteiger partial charge in [0.1, 0.15) is 12.4 Å². The molecule has 0 aliphatic heterocycles. The van der Waals surface area contributed by atoms with Gasteiger partial charge in [0, 0.05) is 16.9 Å². The van der Waals surface area contributed by atoms with Crippen molar-refractivity contribution in [1.29, 1.82) is 0 Å². The van der Waals surface area contributed by atoms with Crippen LogP contribution in [0.3, 0.4) is 0 Å². The quantitative estimate of drug-likeness (QED) is 0.528. The van der Waals surface area contributed by atoms with Crippen LogP contribution >= 0.6 is 12.6 Å². The van der Waals surface area contributed by atoms with Crippen LogP contribution < -0.4 is 9.47 Å². The van der Waals surface area contributed by atoms with Crippen molar-refractivity contribution in [2.75, 3.05) is 20.0 Å². The van der Waals surface area contributed by atoms with E-state index in [-0.39, 0.29) is 11.5 Å². The molecule has 0 bridgehead atoms. The topological polar surface area (TPSA) is 76.0 Å². The molecule has 0 radical (unpaired) electrons. The number of aliphatic hydroxyl groups excluding tert-OH is 2. The summed E-state index contributed by atoms with van der Waals surface area (Å²) in [5, 5.41) is 19.6. The van der Waals surface area contributed by atoms with Crippen molar-refractivity contribution in [3.63, 3.8) is 0 Å². The van der Waals surface area contributed by atoms with Crippen LogP contribution in [0.15, 0.2) is 12.1 Å². The third kappa shape index (κ3) is 2.95. The lowest BCUT2D eigenvalue weighted by atomic mass is 10.0. The first-order valence-corrected chi connectivity index (χ1v) is 5.90. The summed E-state index contributed by atoms with van der Waals surface area (Å²) in [6.45, 7) is 0. The molecule has 0 heterocycles. The first kappa shape index (κ1) is 14.8. The monoisotopic (exact) mass is 272 g/mol. The third-order valence-electron chi connectivity index (χ3n) is 2.54. The fourth-order valence-electron chi connectivity index (χ4n) is 1.61. The van der Waals surface area contributed by atoms with Gasteiger partial charge in [0.05, 0.1) is 20.3 Å². The highest BCUT2D eigenvalue weighted by Crippen LogP contribution is 2.37. The van der Waals surface area contributed by atoms with Crippen molar-refractivity contribution in [1.82, 2.24) is 0 Å². The standard InChI is InChI=1S/C12H16O5S/c1-16-10-4-7(5-13)3-8(12(10)17-2)11(15)9(14)6-18/h3-5,9,11,14-15,18H,6H2,1-2H3. The van der Waals surface area contributed by atoms with Crippen LogP contribution in [0.5, 0.6) is 11.5 Å². The zero-order chi connectivity index (χ0) is 13.7. The summed E-state index contributed by atoms with van der Waals surface area (Å²) in [5.41, 5.74) is 0.619. The maximum absolute atomic E-state index is 10.8. The summed E-state index contributed by atoms with van der Waals surface area (Å²) in [7, 11) is 2.85. The maximum Gasteiger partial charge on any atom is 0.166 e. The average molecular weight is 272 g/mol. The zero-order valence-electron chi connectivity index (χ0n) is 10.2. The van der Waals surface area contributed by atoms with E-state index in [2.05, 4.69) is 12.6 Å². The number of hydrogen-bond donors (Lipinski definition) is 3. The van der Waals surface area contributed by atoms with E-state index in [1.807, 2.05) is 0 Å². The van der Waals surface area contributed by atoms with E-state index >= 15 is 0 Å². The normalized spacial score (nSPS) is 13.8. The highest BCUT2D eigenvalue weighted by atomic mass is 32.1. The van der Waals surface area contributed by atoms with E-state index in [9.17, 15) is 15.0 Å². The minimum atomic E-state index is -1.20. The Labute approximate surface area is 111 Å². The van der Waals surface area contributed by atoms with Gasteiger partial charge < -0.3 is 19.7 Å². The SMILES string of the molecule is COc1cc(C=O)cc(C(O)C(O)CS)c1OC. The van der Waals surface area contributed by atoms with Gasteiger partial charge in [-0.1, -0.05) is 0 Å². The molecule has 0 spiro atoms. The Morgan fingerprint density at radius 1 is 1.33 bits per heavy atom. The largest absolute Gasteiger partial charge is 0.493 e. The van der Waals surface area contributed by atoms with E-state index in [0.29, 0.717) is 23.2 Å². The zero-order valence-corrected chi connectivity index (χ0v) is 11.1. The van der Waals surface area contributed by atoms with Gasteiger partial charge >= 0.3 is 0 Å². The van der Waals surface area contributed by atoms with Crippen LogP contribution in [0, 0.1) is 0 Å². The summed E-state index contributed by atoms with van der Waals surface area (Å²) in [4.78, 5) is 10.8. The molecule has 1 rings (SSSR count). The van der Waals surface area contributed by atoms with Gasteiger partial charge in [-0.2, -0.15) is 12.6 Å². The number of aliphatic hydroxyl groups is 2. The van der Waals surface area contributed by atoms with Crippen molar-refractivity contribution >= 4 is 18.9 Å². The van der Waals surface area contributed by atoms with Crippen LogP contribution in [-0.2, 0) is 0 Å². The van der Waals surface area contributed by atoms with Crippen LogP contribution in [0.1, 0.15) is 22.0 Å². The Bertz CT molecular complexity index is 421. The molecule has 18 heavy (non-hydrogen) atoms. The second kappa shape index (κ2) is 6.63. The molecular weight excluding hydrogens is 256 g/mol. The fraction of sp³-hybridized carbons (Fsp3) is 0.417. The Morgan fingerprint density at radius 3 is 2.44 bits per heavy atom. The minimum absolute atomic E-state index is 0.0813. The molecule has 6 heteroatoms. The molecule has 2 atom stereocenters. The predicted molar refractivity (Wildman–Crippen MR) is 69.8 cm³/mol. The molecule has 0 aliphatic rings. The number of hydrogen-bond acceptors (Lipinski definition) is 6. The number of benzene rings is 1. The van der Waals surface area contributed by atoms with E-state index in [1.54, 1.807) is 0 Å². The summed E-state index contributed by atoms with van der Waals surface area (Å²) in [6.07, 6.45) is -1.63. The van der Waals surface area contributed by atoms with Crippen LogP contribution in [0.4, 0.5) is 0 Å². The van der Waals surface area contributed by atoms with Gasteiger partial charge in [-0.25, -0.2) is 0 Å². The molecule has 1 aromatic carbocycles. The minimum Gasteiger partial charge on any atom is -0.493 e. The molecule has 1 aromatic rings. The molecule has 0 aliphatic carbocycles. The third-order valence-corrected chi connectivity index (χ3v) is 2.91. The fourth-order valence-corrected chi connectivity index (χ4v) is 1.81. The van der Waals surface area contributed by atoms with Gasteiger partial charge in [0.25, 0.3) is 0 Å². The van der Waals surface area contributed by atoms with E-state index < -0.39 is 12.2 Å². The average Bonchev–Trinajstić information content (AvgIpc) is 2.43. The highest BCUT2D eigenvalue weighted by molar-refractivity contribution is 7.80. The molecule has 2 N–H and O–H groups in total. The summed E-state index contributed by atoms with van der Waals surface area (Å²) in [6, 6.07) is 2.95. The van der Waals surface area contributed by atoms with Crippen LogP contribution in [-0.4, -0.2) is 42.6 Å². The maximum atomic E-state index is 10.8. The molecular formula is C12H16O5S. The smallest absolute Gasteiger partial charge is 0.166 e. The van der Waals surface area contributed by atoms with Gasteiger partial charge in [-0.05, 0) is 12.1 Å². The lowest BCUT2D eigenvalue weighted by Crippen LogP contribution is -2.20. The van der Waals surface area contributed by atoms with Crippen molar-refractivity contribution in [2.24, 2.45) is 0 Å². The van der Waals surface area contributed by atoms with Gasteiger partial charge in [0.15, 0.2) is 11.5 Å². The lowest BCUT2D eigenvalue weighted by molar-refractivity contribution is 0.0320. The highest BCUT2D eigenvalue weighted by Gasteiger charge is 2.24. The van der Waals surface area contributed by atoms with E-state index in [4.69, 9.17) is 9.47 Å². The molecule has 0 aromatic heterocycles. The number of methoxy groups -OCH3 is 2. The number of carbonyl (C=O) groups is 1. The number of aldehydes is 1. The summed E-state index contributed by atoms with van der Waals surface area (Å²) >= 11 is 3.91.